The standard InChI is InChI=1S/C21H21ClN2O6S/c1-12-7-16(22)15-9-19(24(2)18(15)8-12)21(28)23-17(10-25)13-3-5-14(6-4-13)31(29,30)11-20(26)27/h3-9,17,25H,10-11H2,1-2H3,(H,23,28)(H,26,27). The van der Waals surface area contributed by atoms with Gasteiger partial charge < -0.3 is 20.1 Å². The average molecular weight is 465 g/mol. The fraction of sp³-hybridized carbons (Fsp3) is 0.238. The number of carbonyl (C=O) groups is 2. The second-order valence-corrected chi connectivity index (χ2v) is 9.60. The largest absolute Gasteiger partial charge is 0.480 e. The first-order valence-electron chi connectivity index (χ1n) is 9.25. The van der Waals surface area contributed by atoms with E-state index in [1.807, 2.05) is 19.1 Å². The van der Waals surface area contributed by atoms with Crippen molar-refractivity contribution in [1.29, 1.82) is 0 Å². The van der Waals surface area contributed by atoms with Crippen LogP contribution < -0.4 is 5.32 Å². The lowest BCUT2D eigenvalue weighted by molar-refractivity contribution is -0.134. The van der Waals surface area contributed by atoms with Crippen LogP contribution >= 0.6 is 11.6 Å². The van der Waals surface area contributed by atoms with Crippen molar-refractivity contribution >= 4 is 44.2 Å². The molecule has 164 valence electrons. The monoisotopic (exact) mass is 464 g/mol. The lowest BCUT2D eigenvalue weighted by Gasteiger charge is -2.17. The summed E-state index contributed by atoms with van der Waals surface area (Å²) in [5.74, 6) is -2.90. The number of amides is 1. The number of fused-ring (bicyclic) bond motifs is 1. The van der Waals surface area contributed by atoms with Gasteiger partial charge in [-0.25, -0.2) is 8.42 Å². The van der Waals surface area contributed by atoms with E-state index < -0.39 is 40.1 Å². The molecule has 0 aliphatic carbocycles. The van der Waals surface area contributed by atoms with E-state index in [0.717, 1.165) is 16.5 Å². The number of carboxylic acids is 1. The van der Waals surface area contributed by atoms with Crippen molar-refractivity contribution in [2.75, 3.05) is 12.4 Å². The number of nitrogens with one attached hydrogen (secondary N) is 1. The van der Waals surface area contributed by atoms with Crippen LogP contribution in [0, 0.1) is 6.92 Å². The second kappa shape index (κ2) is 8.70. The summed E-state index contributed by atoms with van der Waals surface area (Å²) < 4.78 is 25.7. The van der Waals surface area contributed by atoms with Crippen LogP contribution in [0.2, 0.25) is 5.02 Å². The number of halogens is 1. The first-order chi connectivity index (χ1) is 14.5. The molecule has 0 saturated heterocycles. The van der Waals surface area contributed by atoms with Crippen LogP contribution in [0.3, 0.4) is 0 Å². The highest BCUT2D eigenvalue weighted by atomic mass is 35.5. The highest BCUT2D eigenvalue weighted by Gasteiger charge is 2.22. The van der Waals surface area contributed by atoms with Gasteiger partial charge in [0, 0.05) is 12.4 Å². The third kappa shape index (κ3) is 4.73. The maximum atomic E-state index is 12.9. The molecule has 10 heteroatoms. The molecule has 1 heterocycles. The van der Waals surface area contributed by atoms with E-state index in [0.29, 0.717) is 16.3 Å². The van der Waals surface area contributed by atoms with Crippen molar-refractivity contribution in [3.8, 4) is 0 Å². The Morgan fingerprint density at radius 2 is 1.81 bits per heavy atom. The molecular weight excluding hydrogens is 444 g/mol. The molecule has 0 saturated carbocycles. The highest BCUT2D eigenvalue weighted by Crippen LogP contribution is 2.28. The first-order valence-corrected chi connectivity index (χ1v) is 11.3. The Morgan fingerprint density at radius 3 is 2.39 bits per heavy atom. The van der Waals surface area contributed by atoms with Crippen LogP contribution in [0.1, 0.15) is 27.7 Å². The normalized spacial score (nSPS) is 12.6. The average Bonchev–Trinajstić information content (AvgIpc) is 3.02. The number of sulfone groups is 1. The molecule has 3 N–H and O–H groups in total. The zero-order valence-electron chi connectivity index (χ0n) is 16.8. The molecule has 3 rings (SSSR count). The maximum Gasteiger partial charge on any atom is 0.319 e. The summed E-state index contributed by atoms with van der Waals surface area (Å²) in [5, 5.41) is 22.5. The fourth-order valence-corrected chi connectivity index (χ4v) is 4.72. The number of aryl methyl sites for hydroxylation is 2. The lowest BCUT2D eigenvalue weighted by atomic mass is 10.1. The molecule has 1 aromatic heterocycles. The van der Waals surface area contributed by atoms with Gasteiger partial charge in [0.1, 0.15) is 5.69 Å². The first kappa shape index (κ1) is 22.8. The van der Waals surface area contributed by atoms with Crippen molar-refractivity contribution in [3.05, 3.63) is 64.3 Å². The van der Waals surface area contributed by atoms with E-state index in [4.69, 9.17) is 16.7 Å². The summed E-state index contributed by atoms with van der Waals surface area (Å²) in [6.07, 6.45) is 0. The van der Waals surface area contributed by atoms with Crippen molar-refractivity contribution in [2.45, 2.75) is 17.9 Å². The van der Waals surface area contributed by atoms with Crippen LogP contribution in [0.15, 0.2) is 47.4 Å². The molecule has 1 unspecified atom stereocenters. The van der Waals surface area contributed by atoms with Gasteiger partial charge >= 0.3 is 5.97 Å². The number of carbonyl (C=O) groups excluding carboxylic acids is 1. The van der Waals surface area contributed by atoms with Gasteiger partial charge in [-0.3, -0.25) is 9.59 Å². The molecule has 0 aliphatic rings. The maximum absolute atomic E-state index is 12.9. The Labute approximate surface area is 184 Å². The van der Waals surface area contributed by atoms with Crippen LogP contribution in [-0.4, -0.2) is 47.4 Å². The van der Waals surface area contributed by atoms with Crippen molar-refractivity contribution in [3.63, 3.8) is 0 Å². The molecule has 2 aromatic carbocycles. The van der Waals surface area contributed by atoms with Gasteiger partial charge in [-0.05, 0) is 48.4 Å². The van der Waals surface area contributed by atoms with Crippen LogP contribution in [-0.2, 0) is 21.7 Å². The Balaban J connectivity index is 1.85. The number of hydrogen-bond donors (Lipinski definition) is 3. The van der Waals surface area contributed by atoms with Crippen molar-refractivity contribution in [1.82, 2.24) is 9.88 Å². The van der Waals surface area contributed by atoms with E-state index in [1.54, 1.807) is 17.7 Å². The van der Waals surface area contributed by atoms with Gasteiger partial charge in [0.15, 0.2) is 15.6 Å². The SMILES string of the molecule is Cc1cc(Cl)c2cc(C(=O)NC(CO)c3ccc(S(=O)(=O)CC(=O)O)cc3)n(C)c2c1. The van der Waals surface area contributed by atoms with E-state index in [1.165, 1.54) is 24.3 Å². The minimum atomic E-state index is -3.97. The smallest absolute Gasteiger partial charge is 0.319 e. The number of aliphatic hydroxyl groups is 1. The number of benzene rings is 2. The molecule has 1 atom stereocenters. The van der Waals surface area contributed by atoms with Crippen LogP contribution in [0.25, 0.3) is 10.9 Å². The summed E-state index contributed by atoms with van der Waals surface area (Å²) in [6.45, 7) is 1.48. The number of nitrogens with zero attached hydrogens (tertiary/aromatic N) is 1. The molecule has 8 nitrogen and oxygen atoms in total. The third-order valence-electron chi connectivity index (χ3n) is 4.93. The summed E-state index contributed by atoms with van der Waals surface area (Å²) >= 11 is 6.29. The number of aromatic nitrogens is 1. The number of rotatable bonds is 7. The van der Waals surface area contributed by atoms with E-state index in [2.05, 4.69) is 5.32 Å². The van der Waals surface area contributed by atoms with Gasteiger partial charge in [0.05, 0.1) is 28.1 Å². The Bertz CT molecular complexity index is 1270. The van der Waals surface area contributed by atoms with E-state index in [-0.39, 0.29) is 4.90 Å². The topological polar surface area (TPSA) is 126 Å². The molecular formula is C21H21ClN2O6S. The van der Waals surface area contributed by atoms with Gasteiger partial charge in [0.25, 0.3) is 5.91 Å². The third-order valence-corrected chi connectivity index (χ3v) is 6.86. The van der Waals surface area contributed by atoms with E-state index >= 15 is 0 Å². The second-order valence-electron chi connectivity index (χ2n) is 7.20. The summed E-state index contributed by atoms with van der Waals surface area (Å²) in [6, 6.07) is 9.96. The summed E-state index contributed by atoms with van der Waals surface area (Å²) in [7, 11) is -2.23. The highest BCUT2D eigenvalue weighted by molar-refractivity contribution is 7.92. The predicted molar refractivity (Wildman–Crippen MR) is 116 cm³/mol. The Morgan fingerprint density at radius 1 is 1.16 bits per heavy atom. The zero-order valence-corrected chi connectivity index (χ0v) is 18.4. The molecule has 0 radical (unpaired) electrons. The predicted octanol–water partition coefficient (Wildman–Crippen LogP) is 2.46. The quantitative estimate of drug-likeness (QED) is 0.493. The van der Waals surface area contributed by atoms with Crippen molar-refractivity contribution in [2.24, 2.45) is 7.05 Å². The number of hydrogen-bond acceptors (Lipinski definition) is 5. The van der Waals surface area contributed by atoms with Crippen LogP contribution in [0.4, 0.5) is 0 Å². The number of carboxylic acid groups (broad SMARTS) is 1. The number of aliphatic carboxylic acids is 1. The van der Waals surface area contributed by atoms with Gasteiger partial charge in [-0.1, -0.05) is 23.7 Å². The lowest BCUT2D eigenvalue weighted by Crippen LogP contribution is -2.32. The summed E-state index contributed by atoms with van der Waals surface area (Å²) in [4.78, 5) is 23.4. The Kier molecular flexibility index (Phi) is 6.40. The van der Waals surface area contributed by atoms with Gasteiger partial charge in [-0.15, -0.1) is 0 Å². The summed E-state index contributed by atoms with van der Waals surface area (Å²) in [5.41, 5.74) is 2.57. The molecule has 31 heavy (non-hydrogen) atoms. The molecule has 1 amide bonds. The van der Waals surface area contributed by atoms with E-state index in [9.17, 15) is 23.1 Å². The molecule has 0 bridgehead atoms. The van der Waals surface area contributed by atoms with Gasteiger partial charge in [-0.2, -0.15) is 0 Å². The fourth-order valence-electron chi connectivity index (χ4n) is 3.36. The van der Waals surface area contributed by atoms with Crippen LogP contribution in [0.5, 0.6) is 0 Å². The zero-order chi connectivity index (χ0) is 22.9. The molecule has 0 aliphatic heterocycles. The molecule has 0 spiro atoms. The number of aliphatic hydroxyl groups excluding tert-OH is 1. The minimum absolute atomic E-state index is 0.152. The molecule has 3 aromatic rings. The Hall–Kier alpha value is -2.88. The van der Waals surface area contributed by atoms with Gasteiger partial charge in [0.2, 0.25) is 0 Å². The van der Waals surface area contributed by atoms with Crippen molar-refractivity contribution < 1.29 is 28.2 Å². The molecule has 0 fully saturated rings. The minimum Gasteiger partial charge on any atom is -0.480 e.